The maximum absolute atomic E-state index is 12.5. The molecule has 0 aromatic heterocycles. The second-order valence-corrected chi connectivity index (χ2v) is 7.23. The first kappa shape index (κ1) is 27.6. The average Bonchev–Trinajstić information content (AvgIpc) is 2.61. The van der Waals surface area contributed by atoms with Crippen molar-refractivity contribution in [1.82, 2.24) is 15.5 Å². The minimum absolute atomic E-state index is 0. The Hall–Kier alpha value is -1.37. The number of carbonyl (C=O) groups is 1. The maximum atomic E-state index is 12.5. The molecule has 2 N–H and O–H groups in total. The Morgan fingerprint density at radius 3 is 2.55 bits per heavy atom. The summed E-state index contributed by atoms with van der Waals surface area (Å²) in [5.74, 6) is 1.27. The van der Waals surface area contributed by atoms with Crippen LogP contribution in [0.3, 0.4) is 0 Å². The van der Waals surface area contributed by atoms with Crippen molar-refractivity contribution in [2.75, 3.05) is 45.8 Å². The zero-order chi connectivity index (χ0) is 21.2. The first-order chi connectivity index (χ1) is 13.1. The van der Waals surface area contributed by atoms with Crippen LogP contribution >= 0.6 is 35.7 Å². The highest BCUT2D eigenvalue weighted by molar-refractivity contribution is 14.0. The number of alkyl halides is 3. The van der Waals surface area contributed by atoms with Crippen molar-refractivity contribution in [3.63, 3.8) is 0 Å². The predicted octanol–water partition coefficient (Wildman–Crippen LogP) is 3.04. The Kier molecular flexibility index (Phi) is 13.1. The van der Waals surface area contributed by atoms with Crippen LogP contribution in [0.2, 0.25) is 0 Å². The zero-order valence-corrected chi connectivity index (χ0v) is 20.1. The molecular weight excluding hydrogens is 520 g/mol. The van der Waals surface area contributed by atoms with Crippen LogP contribution < -0.4 is 15.4 Å². The van der Waals surface area contributed by atoms with Crippen molar-refractivity contribution >= 4 is 47.6 Å². The third-order valence-electron chi connectivity index (χ3n) is 3.53. The molecule has 0 aliphatic carbocycles. The van der Waals surface area contributed by atoms with Gasteiger partial charge in [-0.15, -0.1) is 24.0 Å². The van der Waals surface area contributed by atoms with Gasteiger partial charge in [0.15, 0.2) is 12.6 Å². The molecule has 0 bridgehead atoms. The van der Waals surface area contributed by atoms with Crippen LogP contribution in [0.1, 0.15) is 11.1 Å². The summed E-state index contributed by atoms with van der Waals surface area (Å²) in [5, 5.41) is 6.03. The number of halogens is 4. The zero-order valence-electron chi connectivity index (χ0n) is 16.9. The molecule has 0 unspecified atom stereocenters. The fourth-order valence-electron chi connectivity index (χ4n) is 2.01. The third kappa shape index (κ3) is 12.0. The molecule has 11 heteroatoms. The maximum Gasteiger partial charge on any atom is 0.422 e. The smallest absolute Gasteiger partial charge is 0.422 e. The molecule has 0 heterocycles. The van der Waals surface area contributed by atoms with E-state index in [2.05, 4.69) is 15.6 Å². The highest BCUT2D eigenvalue weighted by Gasteiger charge is 2.28. The molecule has 0 saturated carbocycles. The number of carbonyl (C=O) groups excluding carboxylic acids is 1. The van der Waals surface area contributed by atoms with Crippen molar-refractivity contribution in [3.05, 3.63) is 29.3 Å². The van der Waals surface area contributed by atoms with Crippen molar-refractivity contribution in [2.45, 2.75) is 19.6 Å². The molecule has 0 aliphatic heterocycles. The van der Waals surface area contributed by atoms with Crippen LogP contribution in [0.15, 0.2) is 23.2 Å². The summed E-state index contributed by atoms with van der Waals surface area (Å²) in [6.45, 7) is 1.22. The van der Waals surface area contributed by atoms with E-state index in [1.165, 1.54) is 4.90 Å². The summed E-state index contributed by atoms with van der Waals surface area (Å²) < 4.78 is 42.4. The van der Waals surface area contributed by atoms with Gasteiger partial charge < -0.3 is 20.3 Å². The van der Waals surface area contributed by atoms with E-state index < -0.39 is 12.8 Å². The van der Waals surface area contributed by atoms with E-state index in [9.17, 15) is 18.0 Å². The van der Waals surface area contributed by atoms with Crippen LogP contribution in [-0.4, -0.2) is 68.7 Å². The molecule has 1 aromatic carbocycles. The second kappa shape index (κ2) is 13.8. The van der Waals surface area contributed by atoms with Crippen LogP contribution in [0.4, 0.5) is 13.2 Å². The van der Waals surface area contributed by atoms with Gasteiger partial charge in [0.1, 0.15) is 5.75 Å². The lowest BCUT2D eigenvalue weighted by molar-refractivity contribution is -0.153. The fourth-order valence-corrected chi connectivity index (χ4v) is 2.32. The molecule has 0 aliphatic rings. The SMILES string of the molecule is CSCCNC(=NCc1ccc(C)cc1OCC(F)(F)F)NCC(=O)N(C)C.I. The number of hydrogen-bond acceptors (Lipinski definition) is 4. The van der Waals surface area contributed by atoms with Gasteiger partial charge in [-0.05, 0) is 24.8 Å². The Morgan fingerprint density at radius 2 is 1.97 bits per heavy atom. The number of nitrogens with one attached hydrogen (secondary N) is 2. The van der Waals surface area contributed by atoms with Crippen molar-refractivity contribution < 1.29 is 22.7 Å². The minimum atomic E-state index is -4.41. The first-order valence-corrected chi connectivity index (χ1v) is 10.0. The van der Waals surface area contributed by atoms with Gasteiger partial charge in [-0.2, -0.15) is 24.9 Å². The number of benzene rings is 1. The molecule has 1 rings (SSSR count). The van der Waals surface area contributed by atoms with Crippen molar-refractivity contribution in [1.29, 1.82) is 0 Å². The van der Waals surface area contributed by atoms with Gasteiger partial charge in [-0.25, -0.2) is 4.99 Å². The van der Waals surface area contributed by atoms with Crippen LogP contribution in [0, 0.1) is 6.92 Å². The Balaban J connectivity index is 0.00000784. The molecule has 0 saturated heterocycles. The number of aliphatic imine (C=N–C) groups is 1. The number of aryl methyl sites for hydroxylation is 1. The normalized spacial score (nSPS) is 11.5. The number of hydrogen-bond donors (Lipinski definition) is 2. The number of likely N-dealkylation sites (N-methyl/N-ethyl adjacent to an activating group) is 1. The second-order valence-electron chi connectivity index (χ2n) is 6.24. The molecule has 1 amide bonds. The summed E-state index contributed by atoms with van der Waals surface area (Å²) in [4.78, 5) is 17.6. The highest BCUT2D eigenvalue weighted by Crippen LogP contribution is 2.24. The van der Waals surface area contributed by atoms with Gasteiger partial charge in [-0.3, -0.25) is 4.79 Å². The van der Waals surface area contributed by atoms with E-state index in [1.807, 2.05) is 6.26 Å². The highest BCUT2D eigenvalue weighted by atomic mass is 127. The number of guanidine groups is 1. The van der Waals surface area contributed by atoms with Gasteiger partial charge in [0, 0.05) is 32.0 Å². The standard InChI is InChI=1S/C18H27F3N4O2S.HI/c1-13-5-6-14(15(9-13)27-12-18(19,20)21)10-23-17(22-7-8-28-4)24-11-16(26)25(2)3;/h5-6,9H,7-8,10-12H2,1-4H3,(H2,22,23,24);1H. The molecule has 0 fully saturated rings. The fraction of sp³-hybridized carbons (Fsp3) is 0.556. The van der Waals surface area contributed by atoms with Gasteiger partial charge in [0.2, 0.25) is 5.91 Å². The quantitative estimate of drug-likeness (QED) is 0.215. The van der Waals surface area contributed by atoms with Gasteiger partial charge in [-0.1, -0.05) is 12.1 Å². The summed E-state index contributed by atoms with van der Waals surface area (Å²) >= 11 is 1.65. The lowest BCUT2D eigenvalue weighted by atomic mass is 10.1. The average molecular weight is 548 g/mol. The number of thioether (sulfide) groups is 1. The van der Waals surface area contributed by atoms with Crippen molar-refractivity contribution in [2.24, 2.45) is 4.99 Å². The molecule has 29 heavy (non-hydrogen) atoms. The number of ether oxygens (including phenoxy) is 1. The molecule has 0 spiro atoms. The number of nitrogens with zero attached hydrogens (tertiary/aromatic N) is 2. The molecule has 0 atom stereocenters. The summed E-state index contributed by atoms with van der Waals surface area (Å²) in [7, 11) is 3.30. The molecular formula is C18H28F3IN4O2S. The minimum Gasteiger partial charge on any atom is -0.484 e. The summed E-state index contributed by atoms with van der Waals surface area (Å²) in [6, 6.07) is 5.03. The number of amides is 1. The Morgan fingerprint density at radius 1 is 1.28 bits per heavy atom. The van der Waals surface area contributed by atoms with Crippen LogP contribution in [-0.2, 0) is 11.3 Å². The number of rotatable bonds is 9. The lowest BCUT2D eigenvalue weighted by Gasteiger charge is -2.16. The lowest BCUT2D eigenvalue weighted by Crippen LogP contribution is -2.43. The van der Waals surface area contributed by atoms with Gasteiger partial charge >= 0.3 is 6.18 Å². The molecule has 6 nitrogen and oxygen atoms in total. The molecule has 1 aromatic rings. The van der Waals surface area contributed by atoms with E-state index >= 15 is 0 Å². The monoisotopic (exact) mass is 548 g/mol. The van der Waals surface area contributed by atoms with E-state index in [0.717, 1.165) is 11.3 Å². The van der Waals surface area contributed by atoms with Crippen molar-refractivity contribution in [3.8, 4) is 5.75 Å². The van der Waals surface area contributed by atoms with Crippen LogP contribution in [0.5, 0.6) is 5.75 Å². The van der Waals surface area contributed by atoms with E-state index in [-0.39, 0.29) is 48.7 Å². The predicted molar refractivity (Wildman–Crippen MR) is 122 cm³/mol. The van der Waals surface area contributed by atoms with E-state index in [4.69, 9.17) is 4.74 Å². The molecule has 166 valence electrons. The van der Waals surface area contributed by atoms with E-state index in [0.29, 0.717) is 18.1 Å². The van der Waals surface area contributed by atoms with Gasteiger partial charge in [0.25, 0.3) is 0 Å². The summed E-state index contributed by atoms with van der Waals surface area (Å²) in [6.07, 6.45) is -2.44. The van der Waals surface area contributed by atoms with E-state index in [1.54, 1.807) is 51.0 Å². The topological polar surface area (TPSA) is 66.0 Å². The van der Waals surface area contributed by atoms with Gasteiger partial charge in [0.05, 0.1) is 13.1 Å². The largest absolute Gasteiger partial charge is 0.484 e. The molecule has 0 radical (unpaired) electrons. The summed E-state index contributed by atoms with van der Waals surface area (Å²) in [5.41, 5.74) is 1.32. The Labute approximate surface area is 191 Å². The first-order valence-electron chi connectivity index (χ1n) is 8.62. The van der Waals surface area contributed by atoms with Crippen LogP contribution in [0.25, 0.3) is 0 Å². The third-order valence-corrected chi connectivity index (χ3v) is 4.14. The Bertz CT molecular complexity index is 673.